The highest BCUT2D eigenvalue weighted by Gasteiger charge is 2.15. The second kappa shape index (κ2) is 5.25. The van der Waals surface area contributed by atoms with Crippen molar-refractivity contribution >= 4 is 24.4 Å². The first-order valence-corrected chi connectivity index (χ1v) is 5.74. The zero-order valence-corrected chi connectivity index (χ0v) is 10.7. The van der Waals surface area contributed by atoms with E-state index in [0.717, 1.165) is 11.3 Å². The summed E-state index contributed by atoms with van der Waals surface area (Å²) in [6.07, 6.45) is -0.441. The molecule has 0 spiro atoms. The molecule has 1 amide bonds. The summed E-state index contributed by atoms with van der Waals surface area (Å²) < 4.78 is 5.15. The van der Waals surface area contributed by atoms with Gasteiger partial charge in [-0.05, 0) is 38.5 Å². The largest absolute Gasteiger partial charge is 0.444 e. The van der Waals surface area contributed by atoms with Crippen LogP contribution in [0.4, 0.5) is 10.5 Å². The van der Waals surface area contributed by atoms with Crippen LogP contribution in [-0.2, 0) is 10.5 Å². The highest BCUT2D eigenvalue weighted by Crippen LogP contribution is 2.14. The summed E-state index contributed by atoms with van der Waals surface area (Å²) >= 11 is 4.17. The van der Waals surface area contributed by atoms with Gasteiger partial charge in [0.05, 0.1) is 0 Å². The molecule has 0 unspecified atom stereocenters. The number of rotatable bonds is 2. The van der Waals surface area contributed by atoms with E-state index >= 15 is 0 Å². The summed E-state index contributed by atoms with van der Waals surface area (Å²) in [6.45, 7) is 5.49. The van der Waals surface area contributed by atoms with Crippen LogP contribution in [0.2, 0.25) is 0 Å². The molecule has 3 nitrogen and oxygen atoms in total. The van der Waals surface area contributed by atoms with E-state index in [0.29, 0.717) is 5.75 Å². The lowest BCUT2D eigenvalue weighted by atomic mass is 10.2. The van der Waals surface area contributed by atoms with Gasteiger partial charge in [-0.3, -0.25) is 5.32 Å². The van der Waals surface area contributed by atoms with E-state index in [-0.39, 0.29) is 0 Å². The molecular formula is C12H17NO2S. The van der Waals surface area contributed by atoms with Crippen molar-refractivity contribution in [2.75, 3.05) is 5.32 Å². The molecule has 0 radical (unpaired) electrons. The Bertz CT molecular complexity index is 372. The molecular weight excluding hydrogens is 222 g/mol. The van der Waals surface area contributed by atoms with Crippen LogP contribution in [-0.4, -0.2) is 11.7 Å². The third kappa shape index (κ3) is 4.57. The quantitative estimate of drug-likeness (QED) is 0.776. The monoisotopic (exact) mass is 239 g/mol. The van der Waals surface area contributed by atoms with Crippen LogP contribution >= 0.6 is 12.6 Å². The molecule has 1 aromatic rings. The minimum atomic E-state index is -0.481. The smallest absolute Gasteiger partial charge is 0.412 e. The van der Waals surface area contributed by atoms with Crippen LogP contribution in [0, 0.1) is 0 Å². The molecule has 0 atom stereocenters. The second-order valence-corrected chi connectivity index (χ2v) is 4.80. The number of carbonyl (C=O) groups excluding carboxylic acids is 1. The van der Waals surface area contributed by atoms with E-state index in [1.807, 2.05) is 45.0 Å². The molecule has 0 saturated heterocycles. The number of thiol groups is 1. The fourth-order valence-corrected chi connectivity index (χ4v) is 1.37. The molecule has 0 bridgehead atoms. The van der Waals surface area contributed by atoms with Gasteiger partial charge in [-0.15, -0.1) is 0 Å². The third-order valence-corrected chi connectivity index (χ3v) is 2.12. The van der Waals surface area contributed by atoms with Crippen LogP contribution in [0.3, 0.4) is 0 Å². The zero-order valence-electron chi connectivity index (χ0n) is 9.78. The summed E-state index contributed by atoms with van der Waals surface area (Å²) in [5.41, 5.74) is 1.29. The van der Waals surface area contributed by atoms with Crippen LogP contribution < -0.4 is 5.32 Å². The lowest BCUT2D eigenvalue weighted by Gasteiger charge is -2.19. The molecule has 1 rings (SSSR count). The maximum atomic E-state index is 11.5. The summed E-state index contributed by atoms with van der Waals surface area (Å²) in [4.78, 5) is 11.5. The van der Waals surface area contributed by atoms with Crippen molar-refractivity contribution in [2.45, 2.75) is 32.1 Å². The van der Waals surface area contributed by atoms with Gasteiger partial charge in [-0.25, -0.2) is 4.79 Å². The predicted molar refractivity (Wildman–Crippen MR) is 69.0 cm³/mol. The second-order valence-electron chi connectivity index (χ2n) is 4.49. The maximum Gasteiger partial charge on any atom is 0.412 e. The highest BCUT2D eigenvalue weighted by molar-refractivity contribution is 7.79. The van der Waals surface area contributed by atoms with Crippen molar-refractivity contribution in [1.82, 2.24) is 0 Å². The molecule has 0 aliphatic carbocycles. The van der Waals surface area contributed by atoms with E-state index in [2.05, 4.69) is 17.9 Å². The van der Waals surface area contributed by atoms with Gasteiger partial charge in [0.1, 0.15) is 5.60 Å². The van der Waals surface area contributed by atoms with Crippen LogP contribution in [0.25, 0.3) is 0 Å². The Balaban J connectivity index is 2.62. The number of amides is 1. The summed E-state index contributed by atoms with van der Waals surface area (Å²) in [7, 11) is 0. The molecule has 16 heavy (non-hydrogen) atoms. The topological polar surface area (TPSA) is 38.3 Å². The van der Waals surface area contributed by atoms with Crippen molar-refractivity contribution < 1.29 is 9.53 Å². The van der Waals surface area contributed by atoms with Crippen molar-refractivity contribution in [3.05, 3.63) is 29.8 Å². The zero-order chi connectivity index (χ0) is 12.2. The van der Waals surface area contributed by atoms with E-state index in [1.54, 1.807) is 0 Å². The fraction of sp³-hybridized carbons (Fsp3) is 0.417. The van der Waals surface area contributed by atoms with Gasteiger partial charge in [0.25, 0.3) is 0 Å². The Morgan fingerprint density at radius 2 is 2.12 bits per heavy atom. The van der Waals surface area contributed by atoms with Gasteiger partial charge in [-0.2, -0.15) is 12.6 Å². The van der Waals surface area contributed by atoms with Crippen molar-refractivity contribution in [1.29, 1.82) is 0 Å². The Morgan fingerprint density at radius 3 is 2.69 bits per heavy atom. The Morgan fingerprint density at radius 1 is 1.44 bits per heavy atom. The van der Waals surface area contributed by atoms with E-state index in [4.69, 9.17) is 4.74 Å². The van der Waals surface area contributed by atoms with Crippen LogP contribution in [0.5, 0.6) is 0 Å². The molecule has 0 aliphatic rings. The summed E-state index contributed by atoms with van der Waals surface area (Å²) in [5, 5.41) is 2.68. The van der Waals surface area contributed by atoms with Gasteiger partial charge >= 0.3 is 6.09 Å². The van der Waals surface area contributed by atoms with E-state index in [1.165, 1.54) is 0 Å². The molecule has 0 saturated carbocycles. The average molecular weight is 239 g/mol. The number of benzene rings is 1. The number of hydrogen-bond donors (Lipinski definition) is 2. The molecule has 0 fully saturated rings. The Hall–Kier alpha value is -1.16. The third-order valence-electron chi connectivity index (χ3n) is 1.75. The van der Waals surface area contributed by atoms with Gasteiger partial charge in [0.15, 0.2) is 0 Å². The number of carbonyl (C=O) groups is 1. The fourth-order valence-electron chi connectivity index (χ4n) is 1.17. The molecule has 1 aromatic carbocycles. The standard InChI is InChI=1S/C12H17NO2S/c1-12(2,3)15-11(14)13-10-6-4-5-9(7-10)8-16/h4-7,16H,8H2,1-3H3,(H,13,14). The number of ether oxygens (including phenoxy) is 1. The van der Waals surface area contributed by atoms with E-state index < -0.39 is 11.7 Å². The predicted octanol–water partition coefficient (Wildman–Crippen LogP) is 3.46. The molecule has 0 aliphatic heterocycles. The lowest BCUT2D eigenvalue weighted by Crippen LogP contribution is -2.27. The van der Waals surface area contributed by atoms with Gasteiger partial charge < -0.3 is 4.74 Å². The molecule has 0 aromatic heterocycles. The first-order chi connectivity index (χ1) is 7.40. The number of nitrogens with one attached hydrogen (secondary N) is 1. The Kier molecular flexibility index (Phi) is 4.24. The van der Waals surface area contributed by atoms with Crippen molar-refractivity contribution in [3.63, 3.8) is 0 Å². The van der Waals surface area contributed by atoms with Gasteiger partial charge in [0, 0.05) is 11.4 Å². The number of hydrogen-bond acceptors (Lipinski definition) is 3. The lowest BCUT2D eigenvalue weighted by molar-refractivity contribution is 0.0636. The summed E-state index contributed by atoms with van der Waals surface area (Å²) in [6, 6.07) is 7.51. The number of anilines is 1. The minimum absolute atomic E-state index is 0.441. The van der Waals surface area contributed by atoms with Crippen molar-refractivity contribution in [3.8, 4) is 0 Å². The molecule has 0 heterocycles. The first kappa shape index (κ1) is 12.9. The van der Waals surface area contributed by atoms with Gasteiger partial charge in [0.2, 0.25) is 0 Å². The van der Waals surface area contributed by atoms with Gasteiger partial charge in [-0.1, -0.05) is 12.1 Å². The van der Waals surface area contributed by atoms with Crippen molar-refractivity contribution in [2.24, 2.45) is 0 Å². The molecule has 4 heteroatoms. The normalized spacial score (nSPS) is 11.0. The van der Waals surface area contributed by atoms with Crippen LogP contribution in [0.1, 0.15) is 26.3 Å². The highest BCUT2D eigenvalue weighted by atomic mass is 32.1. The maximum absolute atomic E-state index is 11.5. The van der Waals surface area contributed by atoms with Crippen LogP contribution in [0.15, 0.2) is 24.3 Å². The minimum Gasteiger partial charge on any atom is -0.444 e. The first-order valence-electron chi connectivity index (χ1n) is 5.10. The Labute approximate surface area is 102 Å². The average Bonchev–Trinajstić information content (AvgIpc) is 2.15. The SMILES string of the molecule is CC(C)(C)OC(=O)Nc1cccc(CS)c1. The summed E-state index contributed by atoms with van der Waals surface area (Å²) in [5.74, 6) is 0.643. The molecule has 88 valence electrons. The molecule has 1 N–H and O–H groups in total. The van der Waals surface area contributed by atoms with E-state index in [9.17, 15) is 4.79 Å².